The molecular formula is C16H16BrN3O4. The van der Waals surface area contributed by atoms with Gasteiger partial charge in [-0.1, -0.05) is 34.1 Å². The van der Waals surface area contributed by atoms with Crippen molar-refractivity contribution in [3.05, 3.63) is 39.8 Å². The van der Waals surface area contributed by atoms with Gasteiger partial charge in [0.1, 0.15) is 0 Å². The molecule has 126 valence electrons. The number of fused-ring (bicyclic) bond motifs is 1. The zero-order valence-corrected chi connectivity index (χ0v) is 14.8. The van der Waals surface area contributed by atoms with Crippen LogP contribution in [-0.4, -0.2) is 41.8 Å². The number of amides is 1. The molecule has 1 amide bonds. The van der Waals surface area contributed by atoms with Gasteiger partial charge in [-0.15, -0.1) is 0 Å². The van der Waals surface area contributed by atoms with Crippen LogP contribution < -0.4 is 4.90 Å². The summed E-state index contributed by atoms with van der Waals surface area (Å²) in [4.78, 5) is 28.9. The average molecular weight is 394 g/mol. The Morgan fingerprint density at radius 3 is 2.54 bits per heavy atom. The molecule has 1 aromatic rings. The van der Waals surface area contributed by atoms with E-state index in [1.54, 1.807) is 32.1 Å². The molecule has 8 heteroatoms. The molecule has 0 bridgehead atoms. The van der Waals surface area contributed by atoms with Crippen molar-refractivity contribution >= 4 is 45.5 Å². The average Bonchev–Trinajstić information content (AvgIpc) is 2.56. The lowest BCUT2D eigenvalue weighted by Gasteiger charge is -2.32. The Hall–Kier alpha value is -2.44. The third-order valence-electron chi connectivity index (χ3n) is 3.32. The molecule has 0 radical (unpaired) electrons. The van der Waals surface area contributed by atoms with E-state index in [0.717, 1.165) is 5.56 Å². The number of hydrogen-bond acceptors (Lipinski definition) is 4. The van der Waals surface area contributed by atoms with Gasteiger partial charge in [-0.3, -0.25) is 4.90 Å². The van der Waals surface area contributed by atoms with Crippen molar-refractivity contribution in [3.63, 3.8) is 0 Å². The molecule has 7 nitrogen and oxygen atoms in total. The third-order valence-corrected chi connectivity index (χ3v) is 3.99. The molecule has 0 fully saturated rings. The van der Waals surface area contributed by atoms with Crippen LogP contribution in [0.15, 0.2) is 28.7 Å². The summed E-state index contributed by atoms with van der Waals surface area (Å²) in [6.45, 7) is 3.59. The van der Waals surface area contributed by atoms with Crippen molar-refractivity contribution in [2.24, 2.45) is 0 Å². The first kappa shape index (κ1) is 17.9. The molecule has 0 aliphatic carbocycles. The first-order valence-corrected chi connectivity index (χ1v) is 8.15. The Kier molecular flexibility index (Phi) is 5.89. The summed E-state index contributed by atoms with van der Waals surface area (Å²) < 4.78 is 10.5. The minimum absolute atomic E-state index is 0.113. The van der Waals surface area contributed by atoms with Crippen molar-refractivity contribution in [2.45, 2.75) is 19.9 Å². The van der Waals surface area contributed by atoms with E-state index < -0.39 is 18.1 Å². The number of esters is 1. The normalized spacial score (nSPS) is 15.7. The second-order valence-electron chi connectivity index (χ2n) is 4.77. The number of anilines is 1. The summed E-state index contributed by atoms with van der Waals surface area (Å²) in [5.41, 5.74) is 10.3. The number of halogens is 1. The van der Waals surface area contributed by atoms with Gasteiger partial charge in [0.15, 0.2) is 6.04 Å². The highest BCUT2D eigenvalue weighted by molar-refractivity contribution is 9.11. The van der Waals surface area contributed by atoms with E-state index >= 15 is 0 Å². The number of carbonyl (C=O) groups excluding carboxylic acids is 2. The zero-order chi connectivity index (χ0) is 17.7. The highest BCUT2D eigenvalue weighted by atomic mass is 79.9. The largest absolute Gasteiger partial charge is 0.457 e. The fraction of sp³-hybridized carbons (Fsp3) is 0.312. The van der Waals surface area contributed by atoms with Crippen LogP contribution in [0.2, 0.25) is 0 Å². The molecule has 0 aromatic heterocycles. The van der Waals surface area contributed by atoms with Crippen LogP contribution >= 0.6 is 15.9 Å². The smallest absolute Gasteiger partial charge is 0.419 e. The predicted octanol–water partition coefficient (Wildman–Crippen LogP) is 3.00. The van der Waals surface area contributed by atoms with Gasteiger partial charge in [0.2, 0.25) is 0 Å². The summed E-state index contributed by atoms with van der Waals surface area (Å²) in [7, 11) is 0. The highest BCUT2D eigenvalue weighted by Crippen LogP contribution is 2.36. The molecule has 0 spiro atoms. The summed E-state index contributed by atoms with van der Waals surface area (Å²) in [5, 5.41) is 0. The van der Waals surface area contributed by atoms with Crippen LogP contribution in [0.4, 0.5) is 10.5 Å². The van der Waals surface area contributed by atoms with Crippen LogP contribution in [0.3, 0.4) is 0 Å². The Balaban J connectivity index is 2.57. The van der Waals surface area contributed by atoms with E-state index in [-0.39, 0.29) is 18.9 Å². The molecule has 1 aliphatic heterocycles. The number of ether oxygens (including phenoxy) is 2. The first-order valence-electron chi connectivity index (χ1n) is 7.36. The van der Waals surface area contributed by atoms with Crippen molar-refractivity contribution in [1.29, 1.82) is 0 Å². The molecule has 0 saturated carbocycles. The number of rotatable bonds is 4. The van der Waals surface area contributed by atoms with Gasteiger partial charge in [0.05, 0.1) is 18.9 Å². The molecule has 0 N–H and O–H groups in total. The van der Waals surface area contributed by atoms with Gasteiger partial charge in [-0.2, -0.15) is 4.79 Å². The summed E-state index contributed by atoms with van der Waals surface area (Å²) in [6, 6.07) is 6.14. The third kappa shape index (κ3) is 3.39. The molecule has 0 saturated heterocycles. The maximum absolute atomic E-state index is 12.5. The molecule has 2 rings (SSSR count). The first-order chi connectivity index (χ1) is 11.5. The Morgan fingerprint density at radius 1 is 1.25 bits per heavy atom. The second kappa shape index (κ2) is 7.90. The van der Waals surface area contributed by atoms with Gasteiger partial charge >= 0.3 is 17.8 Å². The molecule has 1 heterocycles. The van der Waals surface area contributed by atoms with Crippen LogP contribution in [0.25, 0.3) is 11.6 Å². The zero-order valence-electron chi connectivity index (χ0n) is 13.2. The number of benzene rings is 1. The number of carbonyl (C=O) groups is 2. The fourth-order valence-electron chi connectivity index (χ4n) is 2.38. The monoisotopic (exact) mass is 393 g/mol. The van der Waals surface area contributed by atoms with Gasteiger partial charge in [0.25, 0.3) is 0 Å². The standard InChI is InChI=1S/C16H16BrN3O4/c1-3-23-15(21)13(19-18)14-11(17)9-10-7-5-6-8-12(10)20(14)16(22)24-4-2/h5-9,14H,3-4H2,1-2H3. The lowest BCUT2D eigenvalue weighted by atomic mass is 10.00. The van der Waals surface area contributed by atoms with E-state index in [4.69, 9.17) is 9.47 Å². The molecule has 1 aromatic carbocycles. The van der Waals surface area contributed by atoms with E-state index in [2.05, 4.69) is 20.7 Å². The maximum Gasteiger partial charge on any atom is 0.419 e. The molecule has 1 atom stereocenters. The van der Waals surface area contributed by atoms with Gasteiger partial charge in [0, 0.05) is 4.48 Å². The van der Waals surface area contributed by atoms with Crippen LogP contribution in [0.1, 0.15) is 19.4 Å². The van der Waals surface area contributed by atoms with Gasteiger partial charge < -0.3 is 15.0 Å². The van der Waals surface area contributed by atoms with Crippen LogP contribution in [-0.2, 0) is 14.3 Å². The Bertz CT molecular complexity index is 741. The van der Waals surface area contributed by atoms with Crippen molar-refractivity contribution in [3.8, 4) is 0 Å². The van der Waals surface area contributed by atoms with Crippen molar-refractivity contribution in [1.82, 2.24) is 0 Å². The topological polar surface area (TPSA) is 92.2 Å². The molecule has 1 aliphatic rings. The van der Waals surface area contributed by atoms with E-state index in [0.29, 0.717) is 10.2 Å². The molecule has 24 heavy (non-hydrogen) atoms. The lowest BCUT2D eigenvalue weighted by Crippen LogP contribution is -2.50. The fourth-order valence-corrected chi connectivity index (χ4v) is 3.05. The second-order valence-corrected chi connectivity index (χ2v) is 5.68. The van der Waals surface area contributed by atoms with E-state index in [1.165, 1.54) is 4.90 Å². The number of hydrogen-bond donors (Lipinski definition) is 0. The number of nitrogens with zero attached hydrogens (tertiary/aromatic N) is 3. The van der Waals surface area contributed by atoms with E-state index in [1.807, 2.05) is 12.1 Å². The van der Waals surface area contributed by atoms with Crippen LogP contribution in [0.5, 0.6) is 0 Å². The highest BCUT2D eigenvalue weighted by Gasteiger charge is 2.45. The molecular weight excluding hydrogens is 378 g/mol. The molecule has 1 unspecified atom stereocenters. The number of para-hydroxylation sites is 1. The van der Waals surface area contributed by atoms with E-state index in [9.17, 15) is 15.1 Å². The summed E-state index contributed by atoms with van der Waals surface area (Å²) >= 11 is 3.36. The minimum Gasteiger partial charge on any atom is -0.457 e. The van der Waals surface area contributed by atoms with Crippen LogP contribution in [0, 0.1) is 0 Å². The van der Waals surface area contributed by atoms with Gasteiger partial charge in [-0.25, -0.2) is 9.59 Å². The summed E-state index contributed by atoms with van der Waals surface area (Å²) in [6.07, 6.45) is 1.09. The van der Waals surface area contributed by atoms with Crippen molar-refractivity contribution in [2.75, 3.05) is 18.1 Å². The minimum atomic E-state index is -0.983. The Morgan fingerprint density at radius 2 is 1.92 bits per heavy atom. The SMILES string of the molecule is CCOC(=O)C(=[N+]=[N-])C1C(Br)=Cc2ccccc2N1C(=O)OCC. The maximum atomic E-state index is 12.5. The predicted molar refractivity (Wildman–Crippen MR) is 91.9 cm³/mol. The lowest BCUT2D eigenvalue weighted by molar-refractivity contribution is -0.140. The quantitative estimate of drug-likeness (QED) is 0.340. The van der Waals surface area contributed by atoms with Gasteiger partial charge in [-0.05, 0) is 31.6 Å². The Labute approximate surface area is 147 Å². The van der Waals surface area contributed by atoms with Crippen molar-refractivity contribution < 1.29 is 23.9 Å². The summed E-state index contributed by atoms with van der Waals surface area (Å²) in [5.74, 6) is -0.816.